The minimum atomic E-state index is -1.81. The van der Waals surface area contributed by atoms with Crippen LogP contribution in [0.4, 0.5) is 0 Å². The third-order valence-electron chi connectivity index (χ3n) is 3.22. The minimum Gasteiger partial charge on any atom is -0.481 e. The number of rotatable bonds is 5. The van der Waals surface area contributed by atoms with Crippen molar-refractivity contribution in [3.05, 3.63) is 10.1 Å². The van der Waals surface area contributed by atoms with Gasteiger partial charge in [-0.05, 0) is 0 Å². The highest BCUT2D eigenvalue weighted by atomic mass is 16.8. The number of carbonyl (C=O) groups is 2. The van der Waals surface area contributed by atoms with E-state index in [9.17, 15) is 19.7 Å². The number of nitro groups is 1. The van der Waals surface area contributed by atoms with Gasteiger partial charge < -0.3 is 14.6 Å². The van der Waals surface area contributed by atoms with Crippen molar-refractivity contribution in [3.63, 3.8) is 0 Å². The summed E-state index contributed by atoms with van der Waals surface area (Å²) in [6.45, 7) is 6.14. The number of esters is 1. The molecule has 0 aromatic rings. The predicted octanol–water partition coefficient (Wildman–Crippen LogP) is 1.06. The Morgan fingerprint density at radius 3 is 2.45 bits per heavy atom. The van der Waals surface area contributed by atoms with Gasteiger partial charge >= 0.3 is 11.9 Å². The lowest BCUT2D eigenvalue weighted by Gasteiger charge is -2.29. The first-order chi connectivity index (χ1) is 8.99. The fourth-order valence-corrected chi connectivity index (χ4v) is 2.01. The number of nitrogens with zero attached hydrogens (tertiary/aromatic N) is 1. The summed E-state index contributed by atoms with van der Waals surface area (Å²) in [6.07, 6.45) is -1.59. The van der Waals surface area contributed by atoms with Crippen molar-refractivity contribution in [2.45, 2.75) is 46.0 Å². The Hall–Kier alpha value is -1.70. The first-order valence-corrected chi connectivity index (χ1v) is 6.21. The van der Waals surface area contributed by atoms with Gasteiger partial charge in [-0.2, -0.15) is 0 Å². The number of aliphatic carboxylic acids is 1. The van der Waals surface area contributed by atoms with Gasteiger partial charge in [0.25, 0.3) is 0 Å². The van der Waals surface area contributed by atoms with Crippen LogP contribution in [0.3, 0.4) is 0 Å². The number of carbonyl (C=O) groups excluding carboxylic acids is 1. The Balaban J connectivity index is 3.09. The van der Waals surface area contributed by atoms with Crippen LogP contribution in [-0.4, -0.2) is 40.4 Å². The molecule has 8 heteroatoms. The molecule has 0 saturated carbocycles. The molecule has 114 valence electrons. The highest BCUT2D eigenvalue weighted by Gasteiger charge is 2.58. The molecule has 1 heterocycles. The average Bonchev–Trinajstić information content (AvgIpc) is 2.55. The summed E-state index contributed by atoms with van der Waals surface area (Å²) in [5.74, 6) is -3.03. The standard InChI is InChI=1S/C12H19NO7/c1-7(6-13(17)18)12(5-8(14)15)9(16)19-10(20-12)11(2,3)4/h7,10H,5-6H2,1-4H3,(H,14,15). The Labute approximate surface area is 116 Å². The molecule has 3 unspecified atom stereocenters. The molecule has 0 spiro atoms. The number of ether oxygens (including phenoxy) is 2. The molecule has 0 aromatic carbocycles. The highest BCUT2D eigenvalue weighted by molar-refractivity contribution is 5.87. The lowest BCUT2D eigenvalue weighted by molar-refractivity contribution is -0.491. The topological polar surface area (TPSA) is 116 Å². The Morgan fingerprint density at radius 2 is 2.10 bits per heavy atom. The van der Waals surface area contributed by atoms with Crippen LogP contribution in [0.25, 0.3) is 0 Å². The van der Waals surface area contributed by atoms with E-state index in [-0.39, 0.29) is 0 Å². The lowest BCUT2D eigenvalue weighted by Crippen LogP contribution is -2.48. The lowest BCUT2D eigenvalue weighted by atomic mass is 9.85. The largest absolute Gasteiger partial charge is 0.481 e. The number of carboxylic acids is 1. The molecule has 0 amide bonds. The van der Waals surface area contributed by atoms with Crippen molar-refractivity contribution in [2.24, 2.45) is 11.3 Å². The van der Waals surface area contributed by atoms with E-state index in [0.717, 1.165) is 0 Å². The highest BCUT2D eigenvalue weighted by Crippen LogP contribution is 2.41. The van der Waals surface area contributed by atoms with Crippen molar-refractivity contribution in [1.82, 2.24) is 0 Å². The van der Waals surface area contributed by atoms with Gasteiger partial charge in [-0.15, -0.1) is 0 Å². The Bertz CT molecular complexity index is 428. The smallest absolute Gasteiger partial charge is 0.342 e. The van der Waals surface area contributed by atoms with Crippen molar-refractivity contribution in [1.29, 1.82) is 0 Å². The quantitative estimate of drug-likeness (QED) is 0.457. The molecule has 0 bridgehead atoms. The molecule has 1 rings (SSSR count). The number of carboxylic acid groups (broad SMARTS) is 1. The van der Waals surface area contributed by atoms with Gasteiger partial charge in [-0.3, -0.25) is 14.9 Å². The first kappa shape index (κ1) is 16.4. The van der Waals surface area contributed by atoms with E-state index in [4.69, 9.17) is 14.6 Å². The normalized spacial score (nSPS) is 28.0. The van der Waals surface area contributed by atoms with Gasteiger partial charge in [0.2, 0.25) is 12.8 Å². The maximum absolute atomic E-state index is 12.1. The van der Waals surface area contributed by atoms with E-state index in [1.54, 1.807) is 20.8 Å². The molecule has 1 saturated heterocycles. The third-order valence-corrected chi connectivity index (χ3v) is 3.22. The zero-order valence-corrected chi connectivity index (χ0v) is 11.9. The molecule has 0 aliphatic carbocycles. The molecule has 0 radical (unpaired) electrons. The number of hydrogen-bond acceptors (Lipinski definition) is 6. The molecule has 0 aromatic heterocycles. The van der Waals surface area contributed by atoms with Gasteiger partial charge in [0.1, 0.15) is 0 Å². The summed E-state index contributed by atoms with van der Waals surface area (Å²) in [7, 11) is 0. The fraction of sp³-hybridized carbons (Fsp3) is 0.833. The summed E-state index contributed by atoms with van der Waals surface area (Å²) in [5.41, 5.74) is -2.36. The van der Waals surface area contributed by atoms with Gasteiger partial charge in [-0.1, -0.05) is 27.7 Å². The van der Waals surface area contributed by atoms with E-state index in [1.165, 1.54) is 6.92 Å². The van der Waals surface area contributed by atoms with Crippen LogP contribution >= 0.6 is 0 Å². The first-order valence-electron chi connectivity index (χ1n) is 6.21. The maximum atomic E-state index is 12.1. The van der Waals surface area contributed by atoms with E-state index in [0.29, 0.717) is 0 Å². The summed E-state index contributed by atoms with van der Waals surface area (Å²) < 4.78 is 10.6. The monoisotopic (exact) mass is 289 g/mol. The number of cyclic esters (lactones) is 1. The van der Waals surface area contributed by atoms with Crippen molar-refractivity contribution < 1.29 is 29.1 Å². The maximum Gasteiger partial charge on any atom is 0.342 e. The van der Waals surface area contributed by atoms with Gasteiger partial charge in [0.05, 0.1) is 12.3 Å². The van der Waals surface area contributed by atoms with Gasteiger partial charge in [0.15, 0.2) is 5.60 Å². The summed E-state index contributed by atoms with van der Waals surface area (Å²) in [6, 6.07) is 0. The van der Waals surface area contributed by atoms with Gasteiger partial charge in [-0.25, -0.2) is 4.79 Å². The van der Waals surface area contributed by atoms with E-state index >= 15 is 0 Å². The second kappa shape index (κ2) is 5.35. The molecule has 8 nitrogen and oxygen atoms in total. The van der Waals surface area contributed by atoms with Crippen molar-refractivity contribution >= 4 is 11.9 Å². The molecular weight excluding hydrogens is 270 g/mol. The van der Waals surface area contributed by atoms with Crippen LogP contribution in [0.1, 0.15) is 34.1 Å². The van der Waals surface area contributed by atoms with Crippen LogP contribution in [0.5, 0.6) is 0 Å². The van der Waals surface area contributed by atoms with Crippen LogP contribution in [0.15, 0.2) is 0 Å². The second-order valence-electron chi connectivity index (χ2n) is 6.10. The van der Waals surface area contributed by atoms with Crippen LogP contribution in [-0.2, 0) is 19.1 Å². The molecular formula is C12H19NO7. The third kappa shape index (κ3) is 3.24. The summed E-state index contributed by atoms with van der Waals surface area (Å²) >= 11 is 0. The summed E-state index contributed by atoms with van der Waals surface area (Å²) in [5, 5.41) is 19.6. The van der Waals surface area contributed by atoms with E-state index in [2.05, 4.69) is 0 Å². The second-order valence-corrected chi connectivity index (χ2v) is 6.10. The van der Waals surface area contributed by atoms with Crippen LogP contribution in [0, 0.1) is 21.4 Å². The molecule has 1 aliphatic rings. The zero-order chi connectivity index (χ0) is 15.7. The SMILES string of the molecule is CC(C[N+](=O)[O-])C1(CC(=O)O)OC(C(C)(C)C)OC1=O. The number of hydrogen-bond donors (Lipinski definition) is 1. The average molecular weight is 289 g/mol. The van der Waals surface area contributed by atoms with Gasteiger partial charge in [0, 0.05) is 10.3 Å². The van der Waals surface area contributed by atoms with E-state index < -0.39 is 53.1 Å². The van der Waals surface area contributed by atoms with Crippen LogP contribution in [0.2, 0.25) is 0 Å². The van der Waals surface area contributed by atoms with Crippen LogP contribution < -0.4 is 0 Å². The molecule has 3 atom stereocenters. The predicted molar refractivity (Wildman–Crippen MR) is 66.4 cm³/mol. The molecule has 1 fully saturated rings. The summed E-state index contributed by atoms with van der Waals surface area (Å²) in [4.78, 5) is 33.1. The minimum absolute atomic E-state index is 0.551. The van der Waals surface area contributed by atoms with E-state index in [1.807, 2.05) is 0 Å². The fourth-order valence-electron chi connectivity index (χ4n) is 2.01. The molecule has 1 aliphatic heterocycles. The van der Waals surface area contributed by atoms with Crippen molar-refractivity contribution in [3.8, 4) is 0 Å². The zero-order valence-electron chi connectivity index (χ0n) is 11.9. The van der Waals surface area contributed by atoms with Crippen molar-refractivity contribution in [2.75, 3.05) is 6.54 Å². The Morgan fingerprint density at radius 1 is 1.55 bits per heavy atom. The molecule has 20 heavy (non-hydrogen) atoms. The molecule has 1 N–H and O–H groups in total. The Kier molecular flexibility index (Phi) is 4.38.